The summed E-state index contributed by atoms with van der Waals surface area (Å²) in [5.74, 6) is 0.156. The number of carbonyl (C=O) groups is 2. The third-order valence-corrected chi connectivity index (χ3v) is 4.72. The van der Waals surface area contributed by atoms with E-state index < -0.39 is 0 Å². The first kappa shape index (κ1) is 18.0. The summed E-state index contributed by atoms with van der Waals surface area (Å²) in [5, 5.41) is 5.72. The molecule has 0 saturated heterocycles. The first-order chi connectivity index (χ1) is 12.6. The fourth-order valence-electron chi connectivity index (χ4n) is 3.20. The Kier molecular flexibility index (Phi) is 5.56. The summed E-state index contributed by atoms with van der Waals surface area (Å²) in [5.41, 5.74) is 5.22. The van der Waals surface area contributed by atoms with Gasteiger partial charge >= 0.3 is 6.03 Å². The van der Waals surface area contributed by atoms with Crippen LogP contribution < -0.4 is 15.5 Å². The van der Waals surface area contributed by atoms with Crippen molar-refractivity contribution in [2.24, 2.45) is 0 Å². The zero-order chi connectivity index (χ0) is 18.5. The Morgan fingerprint density at radius 1 is 1.04 bits per heavy atom. The number of rotatable bonds is 5. The van der Waals surface area contributed by atoms with Crippen LogP contribution in [0, 0.1) is 0 Å². The SMILES string of the molecule is CCC(=O)N1CCc2cc(CNC(=O)Nc3ccc(CC)cc3)ccc21. The van der Waals surface area contributed by atoms with Crippen molar-refractivity contribution in [2.75, 3.05) is 16.8 Å². The van der Waals surface area contributed by atoms with Crippen LogP contribution in [0.5, 0.6) is 0 Å². The molecule has 3 rings (SSSR count). The molecule has 0 aromatic heterocycles. The molecule has 0 saturated carbocycles. The van der Waals surface area contributed by atoms with Crippen LogP contribution in [-0.4, -0.2) is 18.5 Å². The van der Waals surface area contributed by atoms with Gasteiger partial charge in [-0.2, -0.15) is 0 Å². The maximum Gasteiger partial charge on any atom is 0.319 e. The Hall–Kier alpha value is -2.82. The highest BCUT2D eigenvalue weighted by molar-refractivity contribution is 5.95. The molecule has 26 heavy (non-hydrogen) atoms. The normalized spacial score (nSPS) is 12.6. The van der Waals surface area contributed by atoms with E-state index in [0.717, 1.165) is 36.3 Å². The van der Waals surface area contributed by atoms with Gasteiger partial charge in [0.15, 0.2) is 0 Å². The van der Waals surface area contributed by atoms with Gasteiger partial charge in [-0.3, -0.25) is 4.79 Å². The van der Waals surface area contributed by atoms with E-state index in [0.29, 0.717) is 13.0 Å². The molecule has 1 heterocycles. The fraction of sp³-hybridized carbons (Fsp3) is 0.333. The Bertz CT molecular complexity index is 799. The third kappa shape index (κ3) is 4.04. The van der Waals surface area contributed by atoms with Crippen LogP contribution >= 0.6 is 0 Å². The lowest BCUT2D eigenvalue weighted by atomic mass is 10.1. The quantitative estimate of drug-likeness (QED) is 0.859. The molecule has 0 radical (unpaired) electrons. The zero-order valence-corrected chi connectivity index (χ0v) is 15.3. The second kappa shape index (κ2) is 8.04. The van der Waals surface area contributed by atoms with Gasteiger partial charge in [0.05, 0.1) is 0 Å². The Labute approximate surface area is 154 Å². The summed E-state index contributed by atoms with van der Waals surface area (Å²) in [6, 6.07) is 13.6. The van der Waals surface area contributed by atoms with Crippen LogP contribution in [0.1, 0.15) is 37.0 Å². The number of aryl methyl sites for hydroxylation is 1. The van der Waals surface area contributed by atoms with Crippen LogP contribution in [0.4, 0.5) is 16.2 Å². The lowest BCUT2D eigenvalue weighted by molar-refractivity contribution is -0.118. The van der Waals surface area contributed by atoms with Gasteiger partial charge in [0.1, 0.15) is 0 Å². The number of nitrogens with zero attached hydrogens (tertiary/aromatic N) is 1. The number of anilines is 2. The van der Waals surface area contributed by atoms with Crippen molar-refractivity contribution in [1.82, 2.24) is 5.32 Å². The molecule has 0 atom stereocenters. The molecule has 2 N–H and O–H groups in total. The number of amides is 3. The van der Waals surface area contributed by atoms with Gasteiger partial charge in [-0.15, -0.1) is 0 Å². The van der Waals surface area contributed by atoms with Crippen LogP contribution in [0.25, 0.3) is 0 Å². The summed E-state index contributed by atoms with van der Waals surface area (Å²) >= 11 is 0. The first-order valence-corrected chi connectivity index (χ1v) is 9.16. The largest absolute Gasteiger partial charge is 0.334 e. The zero-order valence-electron chi connectivity index (χ0n) is 15.3. The predicted octanol–water partition coefficient (Wildman–Crippen LogP) is 3.87. The van der Waals surface area contributed by atoms with E-state index in [1.807, 2.05) is 48.2 Å². The maximum absolute atomic E-state index is 12.1. The van der Waals surface area contributed by atoms with Gasteiger partial charge < -0.3 is 15.5 Å². The highest BCUT2D eigenvalue weighted by Crippen LogP contribution is 2.29. The van der Waals surface area contributed by atoms with Crippen LogP contribution in [-0.2, 0) is 24.2 Å². The molecule has 136 valence electrons. The van der Waals surface area contributed by atoms with Crippen molar-refractivity contribution in [3.05, 3.63) is 59.2 Å². The molecule has 5 heteroatoms. The average Bonchev–Trinajstić information content (AvgIpc) is 3.09. The number of nitrogens with one attached hydrogen (secondary N) is 2. The number of hydrogen-bond acceptors (Lipinski definition) is 2. The lowest BCUT2D eigenvalue weighted by Crippen LogP contribution is -2.28. The van der Waals surface area contributed by atoms with E-state index in [2.05, 4.69) is 23.6 Å². The van der Waals surface area contributed by atoms with E-state index >= 15 is 0 Å². The molecule has 0 unspecified atom stereocenters. The highest BCUT2D eigenvalue weighted by atomic mass is 16.2. The van der Waals surface area contributed by atoms with Crippen molar-refractivity contribution in [1.29, 1.82) is 0 Å². The molecule has 2 aromatic carbocycles. The van der Waals surface area contributed by atoms with Crippen molar-refractivity contribution in [3.63, 3.8) is 0 Å². The Balaban J connectivity index is 1.56. The average molecular weight is 351 g/mol. The van der Waals surface area contributed by atoms with Crippen molar-refractivity contribution >= 4 is 23.3 Å². The van der Waals surface area contributed by atoms with Crippen LogP contribution in [0.2, 0.25) is 0 Å². The summed E-state index contributed by atoms with van der Waals surface area (Å²) < 4.78 is 0. The minimum absolute atomic E-state index is 0.156. The van der Waals surface area contributed by atoms with Crippen molar-refractivity contribution in [3.8, 4) is 0 Å². The van der Waals surface area contributed by atoms with E-state index in [1.54, 1.807) is 0 Å². The van der Waals surface area contributed by atoms with Crippen LogP contribution in [0.15, 0.2) is 42.5 Å². The predicted molar refractivity (Wildman–Crippen MR) is 104 cm³/mol. The Morgan fingerprint density at radius 3 is 2.46 bits per heavy atom. The summed E-state index contributed by atoms with van der Waals surface area (Å²) in [6.45, 7) is 5.18. The molecular formula is C21H25N3O2. The fourth-order valence-corrected chi connectivity index (χ4v) is 3.20. The summed E-state index contributed by atoms with van der Waals surface area (Å²) in [6.07, 6.45) is 2.36. The molecular weight excluding hydrogens is 326 g/mol. The second-order valence-corrected chi connectivity index (χ2v) is 6.47. The topological polar surface area (TPSA) is 61.4 Å². The summed E-state index contributed by atoms with van der Waals surface area (Å²) in [7, 11) is 0. The van der Waals surface area contributed by atoms with Gasteiger partial charge in [-0.25, -0.2) is 4.79 Å². The van der Waals surface area contributed by atoms with E-state index in [4.69, 9.17) is 0 Å². The molecule has 2 aromatic rings. The molecule has 3 amide bonds. The van der Waals surface area contributed by atoms with Crippen molar-refractivity contribution < 1.29 is 9.59 Å². The minimum Gasteiger partial charge on any atom is -0.334 e. The monoisotopic (exact) mass is 351 g/mol. The summed E-state index contributed by atoms with van der Waals surface area (Å²) in [4.78, 5) is 25.9. The maximum atomic E-state index is 12.1. The third-order valence-electron chi connectivity index (χ3n) is 4.72. The smallest absolute Gasteiger partial charge is 0.319 e. The Morgan fingerprint density at radius 2 is 1.77 bits per heavy atom. The van der Waals surface area contributed by atoms with E-state index in [-0.39, 0.29) is 11.9 Å². The number of carbonyl (C=O) groups excluding carboxylic acids is 2. The van der Waals surface area contributed by atoms with Gasteiger partial charge in [-0.05, 0) is 47.7 Å². The number of fused-ring (bicyclic) bond motifs is 1. The van der Waals surface area contributed by atoms with Gasteiger partial charge in [0, 0.05) is 30.9 Å². The van der Waals surface area contributed by atoms with Crippen LogP contribution in [0.3, 0.4) is 0 Å². The lowest BCUT2D eigenvalue weighted by Gasteiger charge is -2.16. The molecule has 1 aliphatic heterocycles. The molecule has 0 spiro atoms. The molecule has 0 aliphatic carbocycles. The number of urea groups is 1. The second-order valence-electron chi connectivity index (χ2n) is 6.47. The minimum atomic E-state index is -0.225. The van der Waals surface area contributed by atoms with Gasteiger partial charge in [0.2, 0.25) is 5.91 Å². The molecule has 1 aliphatic rings. The number of benzene rings is 2. The van der Waals surface area contributed by atoms with E-state index in [1.165, 1.54) is 11.1 Å². The standard InChI is InChI=1S/C21H25N3O2/c1-3-15-5-8-18(9-6-15)23-21(26)22-14-16-7-10-19-17(13-16)11-12-24(19)20(25)4-2/h5-10,13H,3-4,11-12,14H2,1-2H3,(H2,22,23,26). The molecule has 5 nitrogen and oxygen atoms in total. The van der Waals surface area contributed by atoms with Crippen molar-refractivity contribution in [2.45, 2.75) is 39.7 Å². The highest BCUT2D eigenvalue weighted by Gasteiger charge is 2.23. The van der Waals surface area contributed by atoms with Gasteiger partial charge in [-0.1, -0.05) is 38.1 Å². The van der Waals surface area contributed by atoms with E-state index in [9.17, 15) is 9.59 Å². The number of hydrogen-bond donors (Lipinski definition) is 2. The molecule has 0 fully saturated rings. The first-order valence-electron chi connectivity index (χ1n) is 9.16. The molecule has 0 bridgehead atoms. The van der Waals surface area contributed by atoms with Gasteiger partial charge in [0.25, 0.3) is 0 Å².